The lowest BCUT2D eigenvalue weighted by Gasteiger charge is -2.10. The van der Waals surface area contributed by atoms with Crippen molar-refractivity contribution in [1.82, 2.24) is 0 Å². The van der Waals surface area contributed by atoms with E-state index in [0.29, 0.717) is 10.7 Å². The number of hydrogen-bond acceptors (Lipinski definition) is 3. The molecule has 0 aromatic heterocycles. The number of benzene rings is 2. The Bertz CT molecular complexity index is 612. The molecule has 0 radical (unpaired) electrons. The Kier molecular flexibility index (Phi) is 4.48. The minimum absolute atomic E-state index is 0.487. The Morgan fingerprint density at radius 1 is 1.10 bits per heavy atom. The molecule has 0 aliphatic heterocycles. The zero-order chi connectivity index (χ0) is 14.5. The van der Waals surface area contributed by atoms with Gasteiger partial charge in [-0.3, -0.25) is 5.32 Å². The number of methoxy groups -OCH3 is 1. The number of halogens is 1. The summed E-state index contributed by atoms with van der Waals surface area (Å²) >= 11 is 5.92. The number of hydrogen-bond donors (Lipinski definition) is 2. The standard InChI is InChI=1S/C15H15ClN2O2/c1-10-9-11(16)3-8-14(10)17-12-4-6-13(7-5-12)18-15(19)20-2/h3-9,17H,1-2H3,(H,18,19). The van der Waals surface area contributed by atoms with Crippen molar-refractivity contribution < 1.29 is 9.53 Å². The van der Waals surface area contributed by atoms with Gasteiger partial charge in [0.1, 0.15) is 0 Å². The summed E-state index contributed by atoms with van der Waals surface area (Å²) in [5.74, 6) is 0. The first kappa shape index (κ1) is 14.2. The Morgan fingerprint density at radius 2 is 1.75 bits per heavy atom. The molecule has 0 fully saturated rings. The van der Waals surface area contributed by atoms with Gasteiger partial charge in [-0.1, -0.05) is 11.6 Å². The maximum atomic E-state index is 11.1. The normalized spacial score (nSPS) is 9.95. The number of carbonyl (C=O) groups is 1. The molecule has 2 aromatic carbocycles. The van der Waals surface area contributed by atoms with E-state index in [1.54, 1.807) is 12.1 Å². The molecule has 1 amide bonds. The third kappa shape index (κ3) is 3.65. The van der Waals surface area contributed by atoms with Gasteiger partial charge in [0.05, 0.1) is 7.11 Å². The highest BCUT2D eigenvalue weighted by Gasteiger charge is 2.02. The van der Waals surface area contributed by atoms with E-state index in [4.69, 9.17) is 11.6 Å². The van der Waals surface area contributed by atoms with Gasteiger partial charge in [-0.15, -0.1) is 0 Å². The molecule has 0 saturated carbocycles. The average Bonchev–Trinajstić information content (AvgIpc) is 2.44. The minimum Gasteiger partial charge on any atom is -0.453 e. The third-order valence-corrected chi connectivity index (χ3v) is 3.02. The summed E-state index contributed by atoms with van der Waals surface area (Å²) in [5.41, 5.74) is 3.65. The van der Waals surface area contributed by atoms with Gasteiger partial charge in [0, 0.05) is 22.1 Å². The van der Waals surface area contributed by atoms with E-state index in [2.05, 4.69) is 15.4 Å². The fourth-order valence-electron chi connectivity index (χ4n) is 1.73. The van der Waals surface area contributed by atoms with Crippen molar-refractivity contribution in [3.05, 3.63) is 53.1 Å². The molecular formula is C15H15ClN2O2. The zero-order valence-electron chi connectivity index (χ0n) is 11.2. The third-order valence-electron chi connectivity index (χ3n) is 2.78. The predicted octanol–water partition coefficient (Wildman–Crippen LogP) is 4.57. The van der Waals surface area contributed by atoms with Crippen molar-refractivity contribution in [2.45, 2.75) is 6.92 Å². The lowest BCUT2D eigenvalue weighted by molar-refractivity contribution is 0.187. The first-order chi connectivity index (χ1) is 9.58. The van der Waals surface area contributed by atoms with Gasteiger partial charge in [0.25, 0.3) is 0 Å². The van der Waals surface area contributed by atoms with Crippen LogP contribution in [0.5, 0.6) is 0 Å². The highest BCUT2D eigenvalue weighted by atomic mass is 35.5. The van der Waals surface area contributed by atoms with Gasteiger partial charge in [-0.2, -0.15) is 0 Å². The molecule has 4 nitrogen and oxygen atoms in total. The number of anilines is 3. The van der Waals surface area contributed by atoms with E-state index in [0.717, 1.165) is 16.9 Å². The van der Waals surface area contributed by atoms with Crippen molar-refractivity contribution >= 4 is 34.8 Å². The quantitative estimate of drug-likeness (QED) is 0.870. The van der Waals surface area contributed by atoms with Crippen LogP contribution in [0.15, 0.2) is 42.5 Å². The number of ether oxygens (including phenoxy) is 1. The smallest absolute Gasteiger partial charge is 0.411 e. The molecule has 5 heteroatoms. The maximum Gasteiger partial charge on any atom is 0.411 e. The second-order valence-electron chi connectivity index (χ2n) is 4.28. The van der Waals surface area contributed by atoms with Crippen molar-refractivity contribution in [2.75, 3.05) is 17.7 Å². The van der Waals surface area contributed by atoms with Crippen LogP contribution in [-0.2, 0) is 4.74 Å². The van der Waals surface area contributed by atoms with Gasteiger partial charge in [-0.05, 0) is 55.0 Å². The second kappa shape index (κ2) is 6.30. The van der Waals surface area contributed by atoms with Crippen molar-refractivity contribution in [2.24, 2.45) is 0 Å². The monoisotopic (exact) mass is 290 g/mol. The molecule has 2 N–H and O–H groups in total. The van der Waals surface area contributed by atoms with Gasteiger partial charge in [0.15, 0.2) is 0 Å². The van der Waals surface area contributed by atoms with Gasteiger partial charge in [0.2, 0.25) is 0 Å². The Morgan fingerprint density at radius 3 is 2.35 bits per heavy atom. The molecule has 2 aromatic rings. The first-order valence-corrected chi connectivity index (χ1v) is 6.44. The van der Waals surface area contributed by atoms with E-state index < -0.39 is 6.09 Å². The number of amides is 1. The zero-order valence-corrected chi connectivity index (χ0v) is 12.0. The average molecular weight is 291 g/mol. The fraction of sp³-hybridized carbons (Fsp3) is 0.133. The van der Waals surface area contributed by atoms with Crippen LogP contribution in [0.3, 0.4) is 0 Å². The summed E-state index contributed by atoms with van der Waals surface area (Å²) < 4.78 is 4.53. The van der Waals surface area contributed by atoms with Crippen LogP contribution in [0.2, 0.25) is 5.02 Å². The SMILES string of the molecule is COC(=O)Nc1ccc(Nc2ccc(Cl)cc2C)cc1. The number of rotatable bonds is 3. The lowest BCUT2D eigenvalue weighted by Crippen LogP contribution is -2.10. The molecule has 20 heavy (non-hydrogen) atoms. The van der Waals surface area contributed by atoms with E-state index in [9.17, 15) is 4.79 Å². The molecule has 104 valence electrons. The largest absolute Gasteiger partial charge is 0.453 e. The number of carbonyl (C=O) groups excluding carboxylic acids is 1. The lowest BCUT2D eigenvalue weighted by atomic mass is 10.2. The van der Waals surface area contributed by atoms with Crippen LogP contribution in [0, 0.1) is 6.92 Å². The minimum atomic E-state index is -0.487. The first-order valence-electron chi connectivity index (χ1n) is 6.06. The summed E-state index contributed by atoms with van der Waals surface area (Å²) in [6, 6.07) is 13.0. The Balaban J connectivity index is 2.08. The summed E-state index contributed by atoms with van der Waals surface area (Å²) in [4.78, 5) is 11.1. The van der Waals surface area contributed by atoms with Crippen molar-refractivity contribution in [3.8, 4) is 0 Å². The van der Waals surface area contributed by atoms with Crippen LogP contribution >= 0.6 is 11.6 Å². The van der Waals surface area contributed by atoms with Crippen LogP contribution in [0.1, 0.15) is 5.56 Å². The highest BCUT2D eigenvalue weighted by molar-refractivity contribution is 6.30. The Hall–Kier alpha value is -2.20. The molecule has 0 aliphatic rings. The van der Waals surface area contributed by atoms with Crippen molar-refractivity contribution in [3.63, 3.8) is 0 Å². The van der Waals surface area contributed by atoms with Gasteiger partial charge >= 0.3 is 6.09 Å². The number of nitrogens with one attached hydrogen (secondary N) is 2. The number of aryl methyl sites for hydroxylation is 1. The molecule has 0 spiro atoms. The van der Waals surface area contributed by atoms with Crippen LogP contribution in [0.4, 0.5) is 21.9 Å². The topological polar surface area (TPSA) is 50.4 Å². The molecule has 0 heterocycles. The van der Waals surface area contributed by atoms with Gasteiger partial charge in [-0.25, -0.2) is 4.79 Å². The van der Waals surface area contributed by atoms with E-state index in [-0.39, 0.29) is 0 Å². The second-order valence-corrected chi connectivity index (χ2v) is 4.71. The van der Waals surface area contributed by atoms with E-state index in [1.807, 2.05) is 37.3 Å². The maximum absolute atomic E-state index is 11.1. The summed E-state index contributed by atoms with van der Waals surface area (Å²) in [5, 5.41) is 6.60. The van der Waals surface area contributed by atoms with Crippen LogP contribution < -0.4 is 10.6 Å². The summed E-state index contributed by atoms with van der Waals surface area (Å²) in [7, 11) is 1.33. The molecule has 0 atom stereocenters. The predicted molar refractivity (Wildman–Crippen MR) is 81.9 cm³/mol. The summed E-state index contributed by atoms with van der Waals surface area (Å²) in [6.07, 6.45) is -0.487. The van der Waals surface area contributed by atoms with E-state index in [1.165, 1.54) is 7.11 Å². The van der Waals surface area contributed by atoms with Crippen molar-refractivity contribution in [1.29, 1.82) is 0 Å². The van der Waals surface area contributed by atoms with Gasteiger partial charge < -0.3 is 10.1 Å². The summed E-state index contributed by atoms with van der Waals surface area (Å²) in [6.45, 7) is 1.99. The van der Waals surface area contributed by atoms with E-state index >= 15 is 0 Å². The molecule has 0 aliphatic carbocycles. The molecule has 0 unspecified atom stereocenters. The molecule has 2 rings (SSSR count). The molecule has 0 bridgehead atoms. The van der Waals surface area contributed by atoms with Crippen LogP contribution in [0.25, 0.3) is 0 Å². The highest BCUT2D eigenvalue weighted by Crippen LogP contribution is 2.24. The molecule has 0 saturated heterocycles. The fourth-order valence-corrected chi connectivity index (χ4v) is 1.96. The Labute approximate surface area is 122 Å². The molecular weight excluding hydrogens is 276 g/mol. The van der Waals surface area contributed by atoms with Crippen LogP contribution in [-0.4, -0.2) is 13.2 Å².